The van der Waals surface area contributed by atoms with Gasteiger partial charge in [0.25, 0.3) is 0 Å². The molecule has 0 amide bonds. The van der Waals surface area contributed by atoms with Crippen LogP contribution in [0.3, 0.4) is 0 Å². The first kappa shape index (κ1) is 16.0. The highest BCUT2D eigenvalue weighted by atomic mass is 15.2. The summed E-state index contributed by atoms with van der Waals surface area (Å²) in [5.41, 5.74) is 0.441. The van der Waals surface area contributed by atoms with E-state index in [0.717, 1.165) is 25.0 Å². The lowest BCUT2D eigenvalue weighted by Crippen LogP contribution is -2.49. The van der Waals surface area contributed by atoms with Crippen LogP contribution in [-0.4, -0.2) is 37.1 Å². The van der Waals surface area contributed by atoms with Crippen LogP contribution < -0.4 is 5.32 Å². The van der Waals surface area contributed by atoms with Crippen LogP contribution in [0.4, 0.5) is 0 Å². The van der Waals surface area contributed by atoms with Gasteiger partial charge in [-0.2, -0.15) is 0 Å². The minimum Gasteiger partial charge on any atom is -0.316 e. The van der Waals surface area contributed by atoms with Crippen molar-refractivity contribution >= 4 is 0 Å². The Labute approximate surface area is 115 Å². The summed E-state index contributed by atoms with van der Waals surface area (Å²) in [6.45, 7) is 16.6. The molecule has 2 heteroatoms. The number of hydrogen-bond acceptors (Lipinski definition) is 2. The van der Waals surface area contributed by atoms with Gasteiger partial charge in [0.1, 0.15) is 0 Å². The maximum atomic E-state index is 3.56. The quantitative estimate of drug-likeness (QED) is 0.748. The maximum absolute atomic E-state index is 3.56. The molecule has 18 heavy (non-hydrogen) atoms. The molecule has 0 saturated carbocycles. The van der Waals surface area contributed by atoms with Crippen molar-refractivity contribution in [2.24, 2.45) is 11.3 Å². The molecule has 1 aliphatic rings. The van der Waals surface area contributed by atoms with Gasteiger partial charge < -0.3 is 5.32 Å². The van der Waals surface area contributed by atoms with Gasteiger partial charge in [0.2, 0.25) is 0 Å². The summed E-state index contributed by atoms with van der Waals surface area (Å²) in [6, 6.07) is 0.777. The second kappa shape index (κ2) is 7.49. The van der Waals surface area contributed by atoms with Gasteiger partial charge in [0.05, 0.1) is 0 Å². The van der Waals surface area contributed by atoms with Gasteiger partial charge in [-0.3, -0.25) is 4.90 Å². The van der Waals surface area contributed by atoms with E-state index in [1.165, 1.54) is 38.8 Å². The van der Waals surface area contributed by atoms with Crippen LogP contribution >= 0.6 is 0 Å². The van der Waals surface area contributed by atoms with E-state index >= 15 is 0 Å². The van der Waals surface area contributed by atoms with E-state index in [4.69, 9.17) is 0 Å². The number of hydrogen-bond donors (Lipinski definition) is 1. The van der Waals surface area contributed by atoms with E-state index < -0.39 is 0 Å². The molecule has 0 aromatic carbocycles. The van der Waals surface area contributed by atoms with E-state index in [1.807, 2.05) is 0 Å². The second-order valence-electron chi connectivity index (χ2n) is 6.80. The lowest BCUT2D eigenvalue weighted by atomic mass is 9.83. The Kier molecular flexibility index (Phi) is 6.65. The Morgan fingerprint density at radius 3 is 2.56 bits per heavy atom. The zero-order chi connectivity index (χ0) is 13.6. The first-order valence-electron chi connectivity index (χ1n) is 7.95. The third-order valence-corrected chi connectivity index (χ3v) is 4.49. The molecule has 0 aliphatic carbocycles. The minimum absolute atomic E-state index is 0.441. The van der Waals surface area contributed by atoms with Crippen LogP contribution in [-0.2, 0) is 0 Å². The predicted molar refractivity (Wildman–Crippen MR) is 81.0 cm³/mol. The molecule has 0 aromatic heterocycles. The van der Waals surface area contributed by atoms with Crippen molar-refractivity contribution in [1.29, 1.82) is 0 Å². The number of piperidine rings is 1. The molecule has 2 nitrogen and oxygen atoms in total. The number of nitrogens with one attached hydrogen (secondary N) is 1. The summed E-state index contributed by atoms with van der Waals surface area (Å²) in [7, 11) is 0. The molecule has 0 bridgehead atoms. The van der Waals surface area contributed by atoms with Crippen LogP contribution in [0.2, 0.25) is 0 Å². The molecular weight excluding hydrogens is 220 g/mol. The fourth-order valence-electron chi connectivity index (χ4n) is 3.34. The van der Waals surface area contributed by atoms with Crippen molar-refractivity contribution in [3.8, 4) is 0 Å². The van der Waals surface area contributed by atoms with Gasteiger partial charge in [-0.15, -0.1) is 0 Å². The minimum atomic E-state index is 0.441. The van der Waals surface area contributed by atoms with Crippen molar-refractivity contribution in [3.05, 3.63) is 0 Å². The van der Waals surface area contributed by atoms with Gasteiger partial charge in [0.15, 0.2) is 0 Å². The topological polar surface area (TPSA) is 15.3 Å². The van der Waals surface area contributed by atoms with Crippen LogP contribution in [0.25, 0.3) is 0 Å². The summed E-state index contributed by atoms with van der Waals surface area (Å²) < 4.78 is 0. The van der Waals surface area contributed by atoms with E-state index in [-0.39, 0.29) is 0 Å². The molecule has 0 spiro atoms. The van der Waals surface area contributed by atoms with Crippen molar-refractivity contribution in [2.45, 2.75) is 66.3 Å². The second-order valence-corrected chi connectivity index (χ2v) is 6.80. The fourth-order valence-corrected chi connectivity index (χ4v) is 3.34. The van der Waals surface area contributed by atoms with E-state index in [9.17, 15) is 0 Å². The highest BCUT2D eigenvalue weighted by Gasteiger charge is 2.30. The smallest absolute Gasteiger partial charge is 0.00673 e. The van der Waals surface area contributed by atoms with Gasteiger partial charge >= 0.3 is 0 Å². The average molecular weight is 254 g/mol. The van der Waals surface area contributed by atoms with Gasteiger partial charge in [-0.05, 0) is 44.1 Å². The highest BCUT2D eigenvalue weighted by molar-refractivity contribution is 4.85. The molecule has 1 rings (SSSR count). The molecule has 1 aliphatic heterocycles. The number of nitrogens with zero attached hydrogens (tertiary/aromatic N) is 1. The Morgan fingerprint density at radius 2 is 1.94 bits per heavy atom. The van der Waals surface area contributed by atoms with Crippen LogP contribution in [0.1, 0.15) is 60.3 Å². The normalized spacial score (nSPS) is 29.2. The number of rotatable bonds is 7. The summed E-state index contributed by atoms with van der Waals surface area (Å²) in [4.78, 5) is 2.74. The van der Waals surface area contributed by atoms with Crippen molar-refractivity contribution in [1.82, 2.24) is 10.2 Å². The summed E-state index contributed by atoms with van der Waals surface area (Å²) in [5.74, 6) is 0.881. The van der Waals surface area contributed by atoms with Crippen LogP contribution in [0.5, 0.6) is 0 Å². The van der Waals surface area contributed by atoms with Crippen molar-refractivity contribution < 1.29 is 0 Å². The molecular formula is C16H34N2. The van der Waals surface area contributed by atoms with E-state index in [1.54, 1.807) is 0 Å². The number of likely N-dealkylation sites (tertiary alicyclic amines) is 1. The first-order valence-corrected chi connectivity index (χ1v) is 7.95. The summed E-state index contributed by atoms with van der Waals surface area (Å²) >= 11 is 0. The van der Waals surface area contributed by atoms with Gasteiger partial charge in [0, 0.05) is 25.7 Å². The Bertz CT molecular complexity index is 229. The standard InChI is InChI=1S/C16H34N2/c1-6-10-16(5,12-17-7-2)13-18-11-14(3)8-9-15(18)4/h14-15,17H,6-13H2,1-5H3. The van der Waals surface area contributed by atoms with Crippen LogP contribution in [0, 0.1) is 11.3 Å². The fraction of sp³-hybridized carbons (Fsp3) is 1.00. The van der Waals surface area contributed by atoms with E-state index in [0.29, 0.717) is 5.41 Å². The molecule has 108 valence electrons. The van der Waals surface area contributed by atoms with Crippen LogP contribution in [0.15, 0.2) is 0 Å². The molecule has 1 N–H and O–H groups in total. The zero-order valence-electron chi connectivity index (χ0n) is 13.3. The Hall–Kier alpha value is -0.0800. The molecule has 0 aromatic rings. The summed E-state index contributed by atoms with van der Waals surface area (Å²) in [6.07, 6.45) is 5.41. The molecule has 3 unspecified atom stereocenters. The largest absolute Gasteiger partial charge is 0.316 e. The molecule has 1 fully saturated rings. The van der Waals surface area contributed by atoms with E-state index in [2.05, 4.69) is 44.8 Å². The third kappa shape index (κ3) is 4.89. The summed E-state index contributed by atoms with van der Waals surface area (Å²) in [5, 5.41) is 3.56. The van der Waals surface area contributed by atoms with Crippen molar-refractivity contribution in [3.63, 3.8) is 0 Å². The predicted octanol–water partition coefficient (Wildman–Crippen LogP) is 3.52. The zero-order valence-corrected chi connectivity index (χ0v) is 13.3. The maximum Gasteiger partial charge on any atom is 0.00673 e. The first-order chi connectivity index (χ1) is 8.50. The van der Waals surface area contributed by atoms with Gasteiger partial charge in [-0.1, -0.05) is 34.1 Å². The molecule has 1 heterocycles. The monoisotopic (exact) mass is 254 g/mol. The lowest BCUT2D eigenvalue weighted by molar-refractivity contribution is 0.0686. The molecule has 1 saturated heterocycles. The molecule has 0 radical (unpaired) electrons. The van der Waals surface area contributed by atoms with Crippen molar-refractivity contribution in [2.75, 3.05) is 26.2 Å². The lowest BCUT2D eigenvalue weighted by Gasteiger charge is -2.43. The average Bonchev–Trinajstić information content (AvgIpc) is 2.32. The SMILES string of the molecule is CCCC(C)(CNCC)CN1CC(C)CCC1C. The van der Waals surface area contributed by atoms with Gasteiger partial charge in [-0.25, -0.2) is 0 Å². The Morgan fingerprint density at radius 1 is 1.22 bits per heavy atom. The highest BCUT2D eigenvalue weighted by Crippen LogP contribution is 2.29. The molecule has 3 atom stereocenters. The Balaban J connectivity index is 2.57. The third-order valence-electron chi connectivity index (χ3n) is 4.49.